The summed E-state index contributed by atoms with van der Waals surface area (Å²) in [5.74, 6) is 1.68. The van der Waals surface area contributed by atoms with Crippen molar-refractivity contribution >= 4 is 5.91 Å². The zero-order valence-corrected chi connectivity index (χ0v) is 19.2. The standard InChI is InChI=1S/C27H27N5O2/c1-17-23(26(33)28-24-11-5-7-18-6-2-3-10-22(18)24)16-32(30-17)21-14-12-19(13-15-21)25-29-27(34-31-25)20-8-4-9-20/h2-3,6,10,12-16,20,24H,4-5,7-9,11H2,1H3,(H,28,33)/t24-/m0/s1. The van der Waals surface area contributed by atoms with E-state index < -0.39 is 0 Å². The molecule has 1 atom stereocenters. The van der Waals surface area contributed by atoms with Crippen LogP contribution in [0.5, 0.6) is 0 Å². The van der Waals surface area contributed by atoms with Crippen LogP contribution >= 0.6 is 0 Å². The van der Waals surface area contributed by atoms with Gasteiger partial charge in [-0.25, -0.2) is 4.68 Å². The van der Waals surface area contributed by atoms with E-state index in [0.29, 0.717) is 23.0 Å². The highest BCUT2D eigenvalue weighted by atomic mass is 16.5. The maximum absolute atomic E-state index is 13.1. The molecular formula is C27H27N5O2. The molecule has 0 aliphatic heterocycles. The lowest BCUT2D eigenvalue weighted by atomic mass is 9.85. The average molecular weight is 454 g/mol. The van der Waals surface area contributed by atoms with Gasteiger partial charge in [-0.15, -0.1) is 0 Å². The Labute approximate surface area is 198 Å². The van der Waals surface area contributed by atoms with Crippen molar-refractivity contribution in [2.45, 2.75) is 57.4 Å². The zero-order valence-electron chi connectivity index (χ0n) is 19.2. The van der Waals surface area contributed by atoms with Crippen LogP contribution in [0.4, 0.5) is 0 Å². The number of hydrogen-bond acceptors (Lipinski definition) is 5. The summed E-state index contributed by atoms with van der Waals surface area (Å²) in [6.07, 6.45) is 8.39. The lowest BCUT2D eigenvalue weighted by Gasteiger charge is -2.26. The largest absolute Gasteiger partial charge is 0.345 e. The second-order valence-electron chi connectivity index (χ2n) is 9.32. The second-order valence-corrected chi connectivity index (χ2v) is 9.32. The number of fused-ring (bicyclic) bond motifs is 1. The summed E-state index contributed by atoms with van der Waals surface area (Å²) in [7, 11) is 0. The van der Waals surface area contributed by atoms with Crippen molar-refractivity contribution in [1.29, 1.82) is 0 Å². The monoisotopic (exact) mass is 453 g/mol. The predicted octanol–water partition coefficient (Wildman–Crippen LogP) is 5.31. The van der Waals surface area contributed by atoms with E-state index in [1.54, 1.807) is 10.9 Å². The fourth-order valence-corrected chi connectivity index (χ4v) is 4.89. The van der Waals surface area contributed by atoms with E-state index in [-0.39, 0.29) is 11.9 Å². The molecule has 0 bridgehead atoms. The highest BCUT2D eigenvalue weighted by Crippen LogP contribution is 2.36. The number of nitrogens with one attached hydrogen (secondary N) is 1. The summed E-state index contributed by atoms with van der Waals surface area (Å²) >= 11 is 0. The first-order valence-corrected chi connectivity index (χ1v) is 12.0. The minimum Gasteiger partial charge on any atom is -0.345 e. The molecule has 172 valence electrons. The van der Waals surface area contributed by atoms with Crippen molar-refractivity contribution in [2.24, 2.45) is 0 Å². The van der Waals surface area contributed by atoms with Crippen LogP contribution in [0.3, 0.4) is 0 Å². The Morgan fingerprint density at radius 3 is 2.68 bits per heavy atom. The molecule has 34 heavy (non-hydrogen) atoms. The molecule has 0 unspecified atom stereocenters. The molecule has 1 N–H and O–H groups in total. The molecule has 7 nitrogen and oxygen atoms in total. The zero-order chi connectivity index (χ0) is 23.1. The average Bonchev–Trinajstić information content (AvgIpc) is 3.45. The van der Waals surface area contributed by atoms with Crippen molar-refractivity contribution in [2.75, 3.05) is 0 Å². The second kappa shape index (κ2) is 8.56. The number of amides is 1. The van der Waals surface area contributed by atoms with Gasteiger partial charge in [0.25, 0.3) is 5.91 Å². The summed E-state index contributed by atoms with van der Waals surface area (Å²) in [5, 5.41) is 12.0. The van der Waals surface area contributed by atoms with Crippen molar-refractivity contribution < 1.29 is 9.32 Å². The number of aryl methyl sites for hydroxylation is 2. The molecule has 1 saturated carbocycles. The molecule has 2 aliphatic rings. The lowest BCUT2D eigenvalue weighted by Crippen LogP contribution is -2.31. The number of carbonyl (C=O) groups excluding carboxylic acids is 1. The van der Waals surface area contributed by atoms with Gasteiger partial charge in [-0.2, -0.15) is 10.1 Å². The number of carbonyl (C=O) groups is 1. The van der Waals surface area contributed by atoms with Gasteiger partial charge in [0.05, 0.1) is 23.0 Å². The van der Waals surface area contributed by atoms with E-state index in [1.807, 2.05) is 37.3 Å². The molecule has 0 spiro atoms. The Kier molecular flexibility index (Phi) is 5.24. The SMILES string of the molecule is Cc1nn(-c2ccc(-c3noc(C4CCC4)n3)cc2)cc1C(=O)N[C@H]1CCCc2ccccc21. The van der Waals surface area contributed by atoms with Gasteiger partial charge >= 0.3 is 0 Å². The van der Waals surface area contributed by atoms with Gasteiger partial charge < -0.3 is 9.84 Å². The van der Waals surface area contributed by atoms with E-state index >= 15 is 0 Å². The quantitative estimate of drug-likeness (QED) is 0.443. The number of hydrogen-bond donors (Lipinski definition) is 1. The molecule has 2 aliphatic carbocycles. The Bertz CT molecular complexity index is 1330. The number of rotatable bonds is 5. The maximum Gasteiger partial charge on any atom is 0.255 e. The van der Waals surface area contributed by atoms with Gasteiger partial charge in [0.2, 0.25) is 11.7 Å². The summed E-state index contributed by atoms with van der Waals surface area (Å²) in [6, 6.07) is 16.3. The van der Waals surface area contributed by atoms with Crippen LogP contribution in [-0.4, -0.2) is 25.8 Å². The third-order valence-corrected chi connectivity index (χ3v) is 7.10. The highest BCUT2D eigenvalue weighted by Gasteiger charge is 2.26. The van der Waals surface area contributed by atoms with E-state index in [1.165, 1.54) is 17.5 Å². The molecule has 1 fully saturated rings. The van der Waals surface area contributed by atoms with Crippen molar-refractivity contribution in [1.82, 2.24) is 25.2 Å². The van der Waals surface area contributed by atoms with Crippen LogP contribution in [0.2, 0.25) is 0 Å². The van der Waals surface area contributed by atoms with Gasteiger partial charge in [0.1, 0.15) is 0 Å². The first kappa shape index (κ1) is 20.8. The van der Waals surface area contributed by atoms with Crippen LogP contribution in [-0.2, 0) is 6.42 Å². The summed E-state index contributed by atoms with van der Waals surface area (Å²) in [5.41, 5.74) is 5.62. The predicted molar refractivity (Wildman–Crippen MR) is 128 cm³/mol. The number of aromatic nitrogens is 4. The van der Waals surface area contributed by atoms with Crippen LogP contribution in [0, 0.1) is 6.92 Å². The van der Waals surface area contributed by atoms with E-state index in [9.17, 15) is 4.79 Å². The van der Waals surface area contributed by atoms with Crippen molar-refractivity contribution in [3.05, 3.63) is 83.0 Å². The summed E-state index contributed by atoms with van der Waals surface area (Å²) in [6.45, 7) is 1.87. The van der Waals surface area contributed by atoms with Gasteiger partial charge in [-0.3, -0.25) is 4.79 Å². The molecule has 2 aromatic heterocycles. The Morgan fingerprint density at radius 2 is 1.88 bits per heavy atom. The minimum absolute atomic E-state index is 0.0410. The Balaban J connectivity index is 1.19. The van der Waals surface area contributed by atoms with E-state index in [0.717, 1.165) is 49.2 Å². The topological polar surface area (TPSA) is 85.8 Å². The van der Waals surface area contributed by atoms with Gasteiger partial charge in [-0.1, -0.05) is 35.8 Å². The molecule has 2 heterocycles. The normalized spacial score (nSPS) is 17.7. The number of benzene rings is 2. The maximum atomic E-state index is 13.1. The van der Waals surface area contributed by atoms with Crippen LogP contribution < -0.4 is 5.32 Å². The van der Waals surface area contributed by atoms with E-state index in [2.05, 4.69) is 38.8 Å². The van der Waals surface area contributed by atoms with Crippen LogP contribution in [0.1, 0.15) is 77.1 Å². The third kappa shape index (κ3) is 3.81. The van der Waals surface area contributed by atoms with Crippen molar-refractivity contribution in [3.63, 3.8) is 0 Å². The fraction of sp³-hybridized carbons (Fsp3) is 0.333. The molecular weight excluding hydrogens is 426 g/mol. The number of nitrogens with zero attached hydrogens (tertiary/aromatic N) is 4. The molecule has 6 rings (SSSR count). The van der Waals surface area contributed by atoms with Crippen LogP contribution in [0.15, 0.2) is 59.3 Å². The molecule has 0 saturated heterocycles. The van der Waals surface area contributed by atoms with Gasteiger partial charge in [-0.05, 0) is 74.4 Å². The first-order valence-electron chi connectivity index (χ1n) is 12.0. The molecule has 7 heteroatoms. The fourth-order valence-electron chi connectivity index (χ4n) is 4.89. The van der Waals surface area contributed by atoms with Crippen LogP contribution in [0.25, 0.3) is 17.1 Å². The van der Waals surface area contributed by atoms with E-state index in [4.69, 9.17) is 4.52 Å². The molecule has 4 aromatic rings. The minimum atomic E-state index is -0.0857. The van der Waals surface area contributed by atoms with Crippen molar-refractivity contribution in [3.8, 4) is 17.1 Å². The Morgan fingerprint density at radius 1 is 1.06 bits per heavy atom. The lowest BCUT2D eigenvalue weighted by molar-refractivity contribution is 0.0932. The molecule has 1 amide bonds. The smallest absolute Gasteiger partial charge is 0.255 e. The Hall–Kier alpha value is -3.74. The van der Waals surface area contributed by atoms with Gasteiger partial charge in [0, 0.05) is 17.7 Å². The first-order chi connectivity index (χ1) is 16.7. The third-order valence-electron chi connectivity index (χ3n) is 7.10. The summed E-state index contributed by atoms with van der Waals surface area (Å²) < 4.78 is 7.19. The molecule has 0 radical (unpaired) electrons. The molecule has 2 aromatic carbocycles. The highest BCUT2D eigenvalue weighted by molar-refractivity contribution is 5.95. The summed E-state index contributed by atoms with van der Waals surface area (Å²) in [4.78, 5) is 17.7. The van der Waals surface area contributed by atoms with Gasteiger partial charge in [0.15, 0.2) is 0 Å².